The van der Waals surface area contributed by atoms with Crippen molar-refractivity contribution in [3.63, 3.8) is 0 Å². The summed E-state index contributed by atoms with van der Waals surface area (Å²) in [6.45, 7) is 3.67. The molecule has 82 valence electrons. The molecule has 0 aliphatic heterocycles. The number of rotatable bonds is 3. The number of hydrogen-bond donors (Lipinski definition) is 0. The number of benzene rings is 1. The van der Waals surface area contributed by atoms with Gasteiger partial charge in [0.25, 0.3) is 5.78 Å². The second-order valence-corrected chi connectivity index (χ2v) is 2.86. The van der Waals surface area contributed by atoms with Crippen LogP contribution in [0, 0.1) is 6.92 Å². The zero-order chi connectivity index (χ0) is 10.6. The Morgan fingerprint density at radius 2 is 1.87 bits per heavy atom. The maximum atomic E-state index is 11.5. The standard InChI is InChI=1S/C11H12O3.H2O/c1-3-14-11(13)10(12)9-7-5-4-6-8(9)2;/h4-7H,3H2,1-2H3;1H2. The largest absolute Gasteiger partial charge is 0.460 e. The second-order valence-electron chi connectivity index (χ2n) is 2.86. The molecule has 4 nitrogen and oxygen atoms in total. The average Bonchev–Trinajstić information content (AvgIpc) is 2.18. The lowest BCUT2D eigenvalue weighted by Crippen LogP contribution is -2.18. The van der Waals surface area contributed by atoms with Crippen molar-refractivity contribution in [2.75, 3.05) is 6.61 Å². The van der Waals surface area contributed by atoms with Gasteiger partial charge in [0.2, 0.25) is 0 Å². The SMILES string of the molecule is CCOC(=O)C(=O)c1ccccc1C.O. The van der Waals surface area contributed by atoms with E-state index in [0.29, 0.717) is 5.56 Å². The van der Waals surface area contributed by atoms with Gasteiger partial charge in [-0.15, -0.1) is 0 Å². The highest BCUT2D eigenvalue weighted by Gasteiger charge is 2.18. The van der Waals surface area contributed by atoms with Crippen LogP contribution in [-0.2, 0) is 9.53 Å². The van der Waals surface area contributed by atoms with Crippen LogP contribution in [0.4, 0.5) is 0 Å². The van der Waals surface area contributed by atoms with Gasteiger partial charge in [0, 0.05) is 5.56 Å². The second kappa shape index (κ2) is 5.93. The van der Waals surface area contributed by atoms with E-state index >= 15 is 0 Å². The maximum Gasteiger partial charge on any atom is 0.379 e. The third-order valence-corrected chi connectivity index (χ3v) is 1.85. The molecule has 1 rings (SSSR count). The number of carbonyl (C=O) groups excluding carboxylic acids is 2. The van der Waals surface area contributed by atoms with Gasteiger partial charge < -0.3 is 10.2 Å². The van der Waals surface area contributed by atoms with Crippen LogP contribution < -0.4 is 0 Å². The molecule has 0 atom stereocenters. The van der Waals surface area contributed by atoms with E-state index in [2.05, 4.69) is 4.74 Å². The van der Waals surface area contributed by atoms with E-state index < -0.39 is 11.8 Å². The first kappa shape index (κ1) is 13.3. The molecule has 0 spiro atoms. The fraction of sp³-hybridized carbons (Fsp3) is 0.273. The molecule has 0 heterocycles. The molecule has 1 aromatic carbocycles. The third-order valence-electron chi connectivity index (χ3n) is 1.85. The lowest BCUT2D eigenvalue weighted by atomic mass is 10.1. The van der Waals surface area contributed by atoms with Gasteiger partial charge in [-0.25, -0.2) is 4.79 Å². The molecule has 0 fully saturated rings. The Morgan fingerprint density at radius 3 is 2.40 bits per heavy atom. The predicted molar refractivity (Wildman–Crippen MR) is 55.8 cm³/mol. The quantitative estimate of drug-likeness (QED) is 0.423. The molecule has 0 aliphatic carbocycles. The molecule has 4 heteroatoms. The predicted octanol–water partition coefficient (Wildman–Crippen LogP) is 0.916. The molecule has 0 amide bonds. The lowest BCUT2D eigenvalue weighted by molar-refractivity contribution is -0.137. The number of Topliss-reactive ketones (excluding diaryl/α,β-unsaturated/α-hetero) is 1. The Bertz CT molecular complexity index is 357. The van der Waals surface area contributed by atoms with E-state index in [1.807, 2.05) is 6.07 Å². The first-order chi connectivity index (χ1) is 6.66. The number of carbonyl (C=O) groups is 2. The van der Waals surface area contributed by atoms with Crippen molar-refractivity contribution < 1.29 is 19.8 Å². The van der Waals surface area contributed by atoms with Crippen molar-refractivity contribution in [2.24, 2.45) is 0 Å². The highest BCUT2D eigenvalue weighted by molar-refractivity contribution is 6.40. The summed E-state index contributed by atoms with van der Waals surface area (Å²) < 4.78 is 4.62. The van der Waals surface area contributed by atoms with Gasteiger partial charge in [-0.05, 0) is 19.4 Å². The molecule has 0 aliphatic rings. The monoisotopic (exact) mass is 210 g/mol. The molecular weight excluding hydrogens is 196 g/mol. The Balaban J connectivity index is 0.00000196. The number of ketones is 1. The molecule has 0 saturated heterocycles. The maximum absolute atomic E-state index is 11.5. The summed E-state index contributed by atoms with van der Waals surface area (Å²) >= 11 is 0. The third kappa shape index (κ3) is 3.18. The highest BCUT2D eigenvalue weighted by Crippen LogP contribution is 2.08. The minimum Gasteiger partial charge on any atom is -0.460 e. The smallest absolute Gasteiger partial charge is 0.379 e. The zero-order valence-corrected chi connectivity index (χ0v) is 8.74. The van der Waals surface area contributed by atoms with Crippen molar-refractivity contribution in [1.29, 1.82) is 0 Å². The molecule has 0 unspecified atom stereocenters. The summed E-state index contributed by atoms with van der Waals surface area (Å²) in [5.41, 5.74) is 1.19. The van der Waals surface area contributed by atoms with Crippen molar-refractivity contribution in [3.05, 3.63) is 35.4 Å². The first-order valence-corrected chi connectivity index (χ1v) is 4.44. The van der Waals surface area contributed by atoms with Crippen LogP contribution >= 0.6 is 0 Å². The van der Waals surface area contributed by atoms with Crippen molar-refractivity contribution in [1.82, 2.24) is 0 Å². The van der Waals surface area contributed by atoms with E-state index in [-0.39, 0.29) is 12.1 Å². The molecule has 0 bridgehead atoms. The summed E-state index contributed by atoms with van der Waals surface area (Å²) in [5.74, 6) is -1.37. The van der Waals surface area contributed by atoms with Crippen LogP contribution in [0.2, 0.25) is 0 Å². The summed E-state index contributed by atoms with van der Waals surface area (Å²) in [6, 6.07) is 6.94. The minimum atomic E-state index is -0.790. The van der Waals surface area contributed by atoms with Crippen LogP contribution in [0.15, 0.2) is 24.3 Å². The Morgan fingerprint density at radius 1 is 1.27 bits per heavy atom. The van der Waals surface area contributed by atoms with Gasteiger partial charge >= 0.3 is 5.97 Å². The number of esters is 1. The molecular formula is C11H14O4. The van der Waals surface area contributed by atoms with E-state index in [0.717, 1.165) is 5.56 Å². The van der Waals surface area contributed by atoms with Gasteiger partial charge in [-0.3, -0.25) is 4.79 Å². The Kier molecular flexibility index (Phi) is 5.26. The molecule has 0 radical (unpaired) electrons. The van der Waals surface area contributed by atoms with Crippen molar-refractivity contribution in [2.45, 2.75) is 13.8 Å². The van der Waals surface area contributed by atoms with Gasteiger partial charge in [0.15, 0.2) is 0 Å². The molecule has 0 aromatic heterocycles. The van der Waals surface area contributed by atoms with Crippen LogP contribution in [-0.4, -0.2) is 23.8 Å². The topological polar surface area (TPSA) is 74.9 Å². The summed E-state index contributed by atoms with van der Waals surface area (Å²) in [4.78, 5) is 22.6. The summed E-state index contributed by atoms with van der Waals surface area (Å²) in [7, 11) is 0. The number of aryl methyl sites for hydroxylation is 1. The fourth-order valence-corrected chi connectivity index (χ4v) is 1.13. The van der Waals surface area contributed by atoms with Crippen LogP contribution in [0.25, 0.3) is 0 Å². The van der Waals surface area contributed by atoms with Gasteiger partial charge in [-0.1, -0.05) is 24.3 Å². The lowest BCUT2D eigenvalue weighted by Gasteiger charge is -2.03. The van der Waals surface area contributed by atoms with Gasteiger partial charge in [0.05, 0.1) is 6.61 Å². The molecule has 1 aromatic rings. The summed E-state index contributed by atoms with van der Waals surface area (Å²) in [6.07, 6.45) is 0. The first-order valence-electron chi connectivity index (χ1n) is 4.44. The van der Waals surface area contributed by atoms with Crippen LogP contribution in [0.3, 0.4) is 0 Å². The van der Waals surface area contributed by atoms with Gasteiger partial charge in [0.1, 0.15) is 0 Å². The van der Waals surface area contributed by atoms with E-state index in [1.54, 1.807) is 32.0 Å². The van der Waals surface area contributed by atoms with E-state index in [9.17, 15) is 9.59 Å². The highest BCUT2D eigenvalue weighted by atomic mass is 16.5. The average molecular weight is 210 g/mol. The minimum absolute atomic E-state index is 0. The van der Waals surface area contributed by atoms with E-state index in [1.165, 1.54) is 0 Å². The molecule has 2 N–H and O–H groups in total. The van der Waals surface area contributed by atoms with Crippen LogP contribution in [0.5, 0.6) is 0 Å². The molecule has 15 heavy (non-hydrogen) atoms. The Hall–Kier alpha value is -1.68. The van der Waals surface area contributed by atoms with Crippen molar-refractivity contribution >= 4 is 11.8 Å². The van der Waals surface area contributed by atoms with Crippen LogP contribution in [0.1, 0.15) is 22.8 Å². The number of hydrogen-bond acceptors (Lipinski definition) is 3. The van der Waals surface area contributed by atoms with Crippen molar-refractivity contribution in [3.8, 4) is 0 Å². The Labute approximate surface area is 88.2 Å². The van der Waals surface area contributed by atoms with E-state index in [4.69, 9.17) is 0 Å². The normalized spacial score (nSPS) is 8.93. The zero-order valence-electron chi connectivity index (χ0n) is 8.74. The molecule has 0 saturated carbocycles. The fourth-order valence-electron chi connectivity index (χ4n) is 1.13. The number of ether oxygens (including phenoxy) is 1. The van der Waals surface area contributed by atoms with Gasteiger partial charge in [-0.2, -0.15) is 0 Å². The summed E-state index contributed by atoms with van der Waals surface area (Å²) in [5, 5.41) is 0.